The van der Waals surface area contributed by atoms with Gasteiger partial charge in [-0.1, -0.05) is 6.92 Å². The molecule has 1 amide bonds. The van der Waals surface area contributed by atoms with Crippen LogP contribution >= 0.6 is 27.3 Å². The molecule has 0 fully saturated rings. The van der Waals surface area contributed by atoms with Crippen molar-refractivity contribution in [2.75, 3.05) is 0 Å². The van der Waals surface area contributed by atoms with Gasteiger partial charge in [-0.05, 0) is 40.5 Å². The van der Waals surface area contributed by atoms with Gasteiger partial charge in [-0.25, -0.2) is 4.98 Å². The van der Waals surface area contributed by atoms with E-state index in [0.29, 0.717) is 10.0 Å². The van der Waals surface area contributed by atoms with Gasteiger partial charge in [-0.15, -0.1) is 11.3 Å². The highest BCUT2D eigenvalue weighted by atomic mass is 79.9. The molecular weight excluding hydrogens is 328 g/mol. The first-order chi connectivity index (χ1) is 9.11. The monoisotopic (exact) mass is 340 g/mol. The Kier molecular flexibility index (Phi) is 4.55. The molecule has 2 rings (SSSR count). The third-order valence-electron chi connectivity index (χ3n) is 2.67. The molecule has 0 aliphatic heterocycles. The fraction of sp³-hybridized carbons (Fsp3) is 0.231. The van der Waals surface area contributed by atoms with Crippen LogP contribution in [0.1, 0.15) is 34.8 Å². The lowest BCUT2D eigenvalue weighted by Crippen LogP contribution is -2.28. The van der Waals surface area contributed by atoms with Crippen LogP contribution in [0.4, 0.5) is 0 Å². The van der Waals surface area contributed by atoms with E-state index in [9.17, 15) is 9.90 Å². The number of aromatic hydroxyl groups is 1. The number of aromatic nitrogens is 1. The molecule has 0 aliphatic rings. The molecule has 0 saturated carbocycles. The highest BCUT2D eigenvalue weighted by molar-refractivity contribution is 9.10. The zero-order valence-corrected chi connectivity index (χ0v) is 12.7. The van der Waals surface area contributed by atoms with Gasteiger partial charge in [0.15, 0.2) is 0 Å². The highest BCUT2D eigenvalue weighted by Crippen LogP contribution is 2.25. The van der Waals surface area contributed by atoms with E-state index in [1.807, 2.05) is 12.3 Å². The maximum absolute atomic E-state index is 12.1. The summed E-state index contributed by atoms with van der Waals surface area (Å²) < 4.78 is 0.566. The first-order valence-electron chi connectivity index (χ1n) is 5.80. The fourth-order valence-corrected chi connectivity index (χ4v) is 2.66. The molecule has 0 bridgehead atoms. The molecule has 1 unspecified atom stereocenters. The topological polar surface area (TPSA) is 62.2 Å². The molecule has 1 aromatic carbocycles. The number of hydrogen-bond donors (Lipinski definition) is 2. The average Bonchev–Trinajstić information content (AvgIpc) is 2.92. The number of amides is 1. The van der Waals surface area contributed by atoms with Gasteiger partial charge in [0.2, 0.25) is 0 Å². The molecule has 1 atom stereocenters. The summed E-state index contributed by atoms with van der Waals surface area (Å²) in [5.41, 5.74) is 0.427. The van der Waals surface area contributed by atoms with Crippen molar-refractivity contribution in [3.05, 3.63) is 44.8 Å². The molecule has 19 heavy (non-hydrogen) atoms. The Morgan fingerprint density at radius 2 is 2.37 bits per heavy atom. The van der Waals surface area contributed by atoms with Gasteiger partial charge in [0.05, 0.1) is 10.5 Å². The lowest BCUT2D eigenvalue weighted by Gasteiger charge is -2.14. The number of thiazole rings is 1. The molecule has 6 heteroatoms. The minimum absolute atomic E-state index is 0.0509. The summed E-state index contributed by atoms with van der Waals surface area (Å²) >= 11 is 4.70. The largest absolute Gasteiger partial charge is 0.507 e. The Bertz CT molecular complexity index is 572. The molecule has 2 N–H and O–H groups in total. The SMILES string of the molecule is CCC(NC(=O)c1ccc(Br)c(O)c1)c1nccs1. The van der Waals surface area contributed by atoms with Crippen LogP contribution in [0.2, 0.25) is 0 Å². The molecule has 0 radical (unpaired) electrons. The quantitative estimate of drug-likeness (QED) is 0.895. The van der Waals surface area contributed by atoms with Gasteiger partial charge >= 0.3 is 0 Å². The molecule has 0 aliphatic carbocycles. The van der Waals surface area contributed by atoms with Crippen molar-refractivity contribution in [1.82, 2.24) is 10.3 Å². The summed E-state index contributed by atoms with van der Waals surface area (Å²) in [5.74, 6) is -0.167. The predicted molar refractivity (Wildman–Crippen MR) is 78.4 cm³/mol. The Balaban J connectivity index is 2.13. The van der Waals surface area contributed by atoms with Crippen molar-refractivity contribution in [2.45, 2.75) is 19.4 Å². The summed E-state index contributed by atoms with van der Waals surface area (Å²) in [7, 11) is 0. The number of nitrogens with zero attached hydrogens (tertiary/aromatic N) is 1. The summed E-state index contributed by atoms with van der Waals surface area (Å²) in [5, 5.41) is 15.3. The smallest absolute Gasteiger partial charge is 0.251 e. The van der Waals surface area contributed by atoms with Crippen LogP contribution < -0.4 is 5.32 Å². The van der Waals surface area contributed by atoms with E-state index in [-0.39, 0.29) is 17.7 Å². The number of halogens is 1. The fourth-order valence-electron chi connectivity index (χ4n) is 1.64. The predicted octanol–water partition coefficient (Wildman–Crippen LogP) is 3.49. The number of nitrogens with one attached hydrogen (secondary N) is 1. The second kappa shape index (κ2) is 6.16. The summed E-state index contributed by atoms with van der Waals surface area (Å²) in [6.45, 7) is 1.99. The maximum Gasteiger partial charge on any atom is 0.251 e. The van der Waals surface area contributed by atoms with E-state index >= 15 is 0 Å². The minimum atomic E-state index is -0.218. The molecule has 100 valence electrons. The van der Waals surface area contributed by atoms with Crippen molar-refractivity contribution in [1.29, 1.82) is 0 Å². The van der Waals surface area contributed by atoms with Gasteiger partial charge in [0, 0.05) is 17.1 Å². The zero-order valence-electron chi connectivity index (χ0n) is 10.3. The Labute approximate surface area is 123 Å². The van der Waals surface area contributed by atoms with Gasteiger partial charge in [0.1, 0.15) is 10.8 Å². The number of hydrogen-bond acceptors (Lipinski definition) is 4. The number of carbonyl (C=O) groups excluding carboxylic acids is 1. The third kappa shape index (κ3) is 3.33. The highest BCUT2D eigenvalue weighted by Gasteiger charge is 2.16. The number of rotatable bonds is 4. The number of phenols is 1. The van der Waals surface area contributed by atoms with Crippen LogP contribution in [-0.4, -0.2) is 16.0 Å². The average molecular weight is 341 g/mol. The second-order valence-electron chi connectivity index (χ2n) is 3.97. The van der Waals surface area contributed by atoms with Crippen LogP contribution in [0.25, 0.3) is 0 Å². The van der Waals surface area contributed by atoms with Crippen LogP contribution in [0, 0.1) is 0 Å². The summed E-state index contributed by atoms with van der Waals surface area (Å²) in [6, 6.07) is 4.65. The van der Waals surface area contributed by atoms with Gasteiger partial charge < -0.3 is 10.4 Å². The van der Waals surface area contributed by atoms with Crippen LogP contribution in [0.5, 0.6) is 5.75 Å². The number of carbonyl (C=O) groups is 1. The number of benzene rings is 1. The van der Waals surface area contributed by atoms with E-state index in [4.69, 9.17) is 0 Å². The van der Waals surface area contributed by atoms with Crippen molar-refractivity contribution in [2.24, 2.45) is 0 Å². The van der Waals surface area contributed by atoms with E-state index in [1.54, 1.807) is 18.3 Å². The summed E-state index contributed by atoms with van der Waals surface area (Å²) in [6.07, 6.45) is 2.49. The van der Waals surface area contributed by atoms with Crippen molar-refractivity contribution in [3.63, 3.8) is 0 Å². The first-order valence-corrected chi connectivity index (χ1v) is 7.48. The van der Waals surface area contributed by atoms with Crippen molar-refractivity contribution in [3.8, 4) is 5.75 Å². The maximum atomic E-state index is 12.1. The first kappa shape index (κ1) is 14.0. The Morgan fingerprint density at radius 3 is 2.95 bits per heavy atom. The molecule has 1 heterocycles. The van der Waals surface area contributed by atoms with Crippen LogP contribution in [0.15, 0.2) is 34.2 Å². The van der Waals surface area contributed by atoms with Gasteiger partial charge in [0.25, 0.3) is 5.91 Å². The zero-order chi connectivity index (χ0) is 13.8. The minimum Gasteiger partial charge on any atom is -0.507 e. The lowest BCUT2D eigenvalue weighted by atomic mass is 10.1. The van der Waals surface area contributed by atoms with E-state index in [0.717, 1.165) is 11.4 Å². The van der Waals surface area contributed by atoms with Crippen molar-refractivity contribution >= 4 is 33.2 Å². The molecule has 0 saturated heterocycles. The molecule has 2 aromatic rings. The van der Waals surface area contributed by atoms with E-state index < -0.39 is 0 Å². The molecule has 4 nitrogen and oxygen atoms in total. The summed E-state index contributed by atoms with van der Waals surface area (Å²) in [4.78, 5) is 16.3. The standard InChI is InChI=1S/C13H13BrN2O2S/c1-2-10(13-15-5-6-19-13)16-12(18)8-3-4-9(14)11(17)7-8/h3-7,10,17H,2H2,1H3,(H,16,18). The van der Waals surface area contributed by atoms with Crippen LogP contribution in [-0.2, 0) is 0 Å². The second-order valence-corrected chi connectivity index (χ2v) is 5.75. The third-order valence-corrected chi connectivity index (χ3v) is 4.23. The Morgan fingerprint density at radius 1 is 1.58 bits per heavy atom. The lowest BCUT2D eigenvalue weighted by molar-refractivity contribution is 0.0935. The molecule has 0 spiro atoms. The van der Waals surface area contributed by atoms with Crippen molar-refractivity contribution < 1.29 is 9.90 Å². The van der Waals surface area contributed by atoms with E-state index in [1.165, 1.54) is 17.4 Å². The molecule has 1 aromatic heterocycles. The molecular formula is C13H13BrN2O2S. The van der Waals surface area contributed by atoms with Gasteiger partial charge in [-0.3, -0.25) is 4.79 Å². The van der Waals surface area contributed by atoms with E-state index in [2.05, 4.69) is 26.2 Å². The Hall–Kier alpha value is -1.40. The number of phenolic OH excluding ortho intramolecular Hbond substituents is 1. The van der Waals surface area contributed by atoms with Crippen LogP contribution in [0.3, 0.4) is 0 Å². The normalized spacial score (nSPS) is 12.1. The van der Waals surface area contributed by atoms with Gasteiger partial charge in [-0.2, -0.15) is 0 Å².